The maximum Gasteiger partial charge on any atom is 0.245 e. The number of hydrogen-bond donors (Lipinski definition) is 8. The molecule has 2 aromatic carbocycles. The van der Waals surface area contributed by atoms with Crippen LogP contribution in [0.2, 0.25) is 0 Å². The predicted molar refractivity (Wildman–Crippen MR) is 178 cm³/mol. The highest BCUT2D eigenvalue weighted by molar-refractivity contribution is 5.93. The van der Waals surface area contributed by atoms with Crippen molar-refractivity contribution in [3.8, 4) is 16.9 Å². The van der Waals surface area contributed by atoms with Gasteiger partial charge in [0.1, 0.15) is 23.9 Å². The van der Waals surface area contributed by atoms with Gasteiger partial charge in [-0.25, -0.2) is 0 Å². The van der Waals surface area contributed by atoms with Crippen LogP contribution in [0.15, 0.2) is 42.5 Å². The molecule has 13 nitrogen and oxygen atoms in total. The van der Waals surface area contributed by atoms with E-state index >= 15 is 0 Å². The zero-order chi connectivity index (χ0) is 33.6. The number of hydrogen-bond acceptors (Lipinski definition) is 9. The molecule has 3 rings (SSSR count). The van der Waals surface area contributed by atoms with Gasteiger partial charge in [-0.2, -0.15) is 0 Å². The molecule has 0 spiro atoms. The average molecular weight is 639 g/mol. The molecule has 0 fully saturated rings. The number of carbonyl (C=O) groups is 4. The van der Waals surface area contributed by atoms with E-state index in [1.165, 1.54) is 4.90 Å². The monoisotopic (exact) mass is 638 g/mol. The summed E-state index contributed by atoms with van der Waals surface area (Å²) in [7, 11) is 8.48. The third-order valence-corrected chi connectivity index (χ3v) is 8.33. The van der Waals surface area contributed by atoms with E-state index in [1.54, 1.807) is 34.3 Å². The maximum atomic E-state index is 14.1. The maximum absolute atomic E-state index is 14.1. The van der Waals surface area contributed by atoms with Crippen LogP contribution < -0.4 is 37.2 Å². The Morgan fingerprint density at radius 1 is 0.957 bits per heavy atom. The standard InChI is InChI=1S/C33H50N8O5/c1-34-13-7-10-25-33(46)41(5)28(32(45)39-20-27(37-4)30(43)38-15-14-35-2)17-21-8-6-9-22(16-21)23-11-12-29(42)24(18-23)19-26(36-3)31(44)40-25/h6,8-9,11-12,16,18,25-28,34-37,42H,7,10,13-15,17,19-20H2,1-5H3,(H,38,43)(H,39,45)(H,40,44)/t25-,26-,27-,28-/m0/s1. The molecule has 0 aliphatic carbocycles. The summed E-state index contributed by atoms with van der Waals surface area (Å²) in [6.07, 6.45) is 1.36. The van der Waals surface area contributed by atoms with Gasteiger partial charge in [0.2, 0.25) is 23.6 Å². The van der Waals surface area contributed by atoms with Crippen LogP contribution in [-0.2, 0) is 32.0 Å². The number of amides is 4. The zero-order valence-electron chi connectivity index (χ0n) is 27.5. The molecule has 0 radical (unpaired) electrons. The van der Waals surface area contributed by atoms with Crippen LogP contribution >= 0.6 is 0 Å². The van der Waals surface area contributed by atoms with Gasteiger partial charge in [-0.3, -0.25) is 19.2 Å². The minimum absolute atomic E-state index is 0.0156. The lowest BCUT2D eigenvalue weighted by molar-refractivity contribution is -0.142. The van der Waals surface area contributed by atoms with Gasteiger partial charge in [0.25, 0.3) is 0 Å². The lowest BCUT2D eigenvalue weighted by Crippen LogP contribution is -2.58. The van der Waals surface area contributed by atoms with Crippen molar-refractivity contribution in [1.29, 1.82) is 0 Å². The number of phenolic OH excluding ortho intramolecular Hbond substituents is 1. The Hall–Kier alpha value is -4.04. The molecule has 2 aromatic rings. The van der Waals surface area contributed by atoms with E-state index in [1.807, 2.05) is 43.4 Å². The summed E-state index contributed by atoms with van der Waals surface area (Å²) in [5, 5.41) is 31.3. The summed E-state index contributed by atoms with van der Waals surface area (Å²) >= 11 is 0. The number of likely N-dealkylation sites (N-methyl/N-ethyl adjacent to an activating group) is 4. The van der Waals surface area contributed by atoms with Crippen molar-refractivity contribution in [2.75, 3.05) is 61.4 Å². The smallest absolute Gasteiger partial charge is 0.245 e. The third-order valence-electron chi connectivity index (χ3n) is 8.33. The van der Waals surface area contributed by atoms with Crippen LogP contribution in [0.1, 0.15) is 24.0 Å². The first kappa shape index (κ1) is 36.4. The third kappa shape index (κ3) is 9.98. The molecule has 4 bridgehead atoms. The van der Waals surface area contributed by atoms with Gasteiger partial charge in [0.15, 0.2) is 0 Å². The first-order chi connectivity index (χ1) is 22.1. The highest BCUT2D eigenvalue weighted by atomic mass is 16.3. The number of carbonyl (C=O) groups excluding carboxylic acids is 4. The van der Waals surface area contributed by atoms with Crippen molar-refractivity contribution >= 4 is 23.6 Å². The average Bonchev–Trinajstić information content (AvgIpc) is 3.05. The number of fused-ring (bicyclic) bond motifs is 5. The van der Waals surface area contributed by atoms with Crippen LogP contribution in [0.25, 0.3) is 11.1 Å². The second kappa shape index (κ2) is 18.2. The molecule has 8 N–H and O–H groups in total. The summed E-state index contributed by atoms with van der Waals surface area (Å²) in [5.41, 5.74) is 3.12. The second-order valence-electron chi connectivity index (χ2n) is 11.5. The van der Waals surface area contributed by atoms with Gasteiger partial charge in [0.05, 0.1) is 6.04 Å². The van der Waals surface area contributed by atoms with E-state index in [-0.39, 0.29) is 37.0 Å². The lowest BCUT2D eigenvalue weighted by Gasteiger charge is -2.32. The number of aromatic hydroxyl groups is 1. The largest absolute Gasteiger partial charge is 0.508 e. The van der Waals surface area contributed by atoms with Gasteiger partial charge in [0, 0.05) is 39.5 Å². The molecule has 252 valence electrons. The van der Waals surface area contributed by atoms with Crippen molar-refractivity contribution in [3.63, 3.8) is 0 Å². The van der Waals surface area contributed by atoms with Crippen molar-refractivity contribution in [3.05, 3.63) is 53.6 Å². The molecule has 0 unspecified atom stereocenters. The van der Waals surface area contributed by atoms with E-state index in [9.17, 15) is 24.3 Å². The van der Waals surface area contributed by atoms with E-state index in [4.69, 9.17) is 0 Å². The molecule has 4 atom stereocenters. The number of phenols is 1. The zero-order valence-corrected chi connectivity index (χ0v) is 27.5. The molecule has 46 heavy (non-hydrogen) atoms. The number of nitrogens with one attached hydrogen (secondary N) is 7. The Balaban J connectivity index is 2.00. The van der Waals surface area contributed by atoms with Gasteiger partial charge in [-0.1, -0.05) is 30.3 Å². The van der Waals surface area contributed by atoms with Gasteiger partial charge in [-0.05, 0) is 82.0 Å². The Bertz CT molecular complexity index is 1340. The Morgan fingerprint density at radius 3 is 2.39 bits per heavy atom. The van der Waals surface area contributed by atoms with Gasteiger partial charge >= 0.3 is 0 Å². The van der Waals surface area contributed by atoms with Crippen molar-refractivity contribution < 1.29 is 24.3 Å². The van der Waals surface area contributed by atoms with E-state index < -0.39 is 36.0 Å². The molecule has 4 amide bonds. The molecular formula is C33H50N8O5. The molecule has 0 aromatic heterocycles. The summed E-state index contributed by atoms with van der Waals surface area (Å²) in [6.45, 7) is 1.70. The molecule has 1 aliphatic rings. The van der Waals surface area contributed by atoms with Gasteiger partial charge < -0.3 is 47.2 Å². The normalized spacial score (nSPS) is 19.4. The highest BCUT2D eigenvalue weighted by Crippen LogP contribution is 2.28. The second-order valence-corrected chi connectivity index (χ2v) is 11.5. The molecule has 1 aliphatic heterocycles. The van der Waals surface area contributed by atoms with Crippen LogP contribution in [-0.4, -0.2) is 119 Å². The Labute approximate surface area is 271 Å². The molecular weight excluding hydrogens is 588 g/mol. The molecule has 1 heterocycles. The molecule has 0 saturated carbocycles. The van der Waals surface area contributed by atoms with Crippen molar-refractivity contribution in [1.82, 2.24) is 42.1 Å². The van der Waals surface area contributed by atoms with E-state index in [0.717, 1.165) is 16.7 Å². The lowest BCUT2D eigenvalue weighted by atomic mass is 9.95. The van der Waals surface area contributed by atoms with Crippen LogP contribution in [0.3, 0.4) is 0 Å². The highest BCUT2D eigenvalue weighted by Gasteiger charge is 2.34. The van der Waals surface area contributed by atoms with Crippen LogP contribution in [0.5, 0.6) is 5.75 Å². The summed E-state index contributed by atoms with van der Waals surface area (Å²) < 4.78 is 0. The molecule has 0 saturated heterocycles. The fraction of sp³-hybridized carbons (Fsp3) is 0.515. The van der Waals surface area contributed by atoms with Crippen molar-refractivity contribution in [2.45, 2.75) is 49.9 Å². The summed E-state index contributed by atoms with van der Waals surface area (Å²) in [4.78, 5) is 55.5. The summed E-state index contributed by atoms with van der Waals surface area (Å²) in [5.74, 6) is -1.39. The number of benzene rings is 2. The minimum Gasteiger partial charge on any atom is -0.508 e. The number of nitrogens with zero attached hydrogens (tertiary/aromatic N) is 1. The topological polar surface area (TPSA) is 176 Å². The first-order valence-electron chi connectivity index (χ1n) is 15.8. The fourth-order valence-electron chi connectivity index (χ4n) is 5.47. The quantitative estimate of drug-likeness (QED) is 0.129. The summed E-state index contributed by atoms with van der Waals surface area (Å²) in [6, 6.07) is 9.74. The first-order valence-corrected chi connectivity index (χ1v) is 15.8. The van der Waals surface area contributed by atoms with Gasteiger partial charge in [-0.15, -0.1) is 0 Å². The predicted octanol–water partition coefficient (Wildman–Crippen LogP) is -0.903. The van der Waals surface area contributed by atoms with Crippen LogP contribution in [0, 0.1) is 0 Å². The minimum atomic E-state index is -0.933. The van der Waals surface area contributed by atoms with Crippen LogP contribution in [0.4, 0.5) is 0 Å². The van der Waals surface area contributed by atoms with E-state index in [2.05, 4.69) is 37.2 Å². The Kier molecular flexibility index (Phi) is 14.4. The molecule has 13 heteroatoms. The van der Waals surface area contributed by atoms with E-state index in [0.29, 0.717) is 38.0 Å². The fourth-order valence-corrected chi connectivity index (χ4v) is 5.47. The number of rotatable bonds is 13. The Morgan fingerprint density at radius 2 is 1.70 bits per heavy atom. The SMILES string of the molecule is CNCCC[C@@H]1NC(=O)[C@@H](NC)Cc2cc(ccc2O)-c2cccc(c2)C[C@@H](C(=O)NC[C@H](NC)C(=O)NCCNC)N(C)C1=O. The van der Waals surface area contributed by atoms with Crippen molar-refractivity contribution in [2.24, 2.45) is 0 Å².